The molecular weight excluding hydrogens is 759 g/mol. The van der Waals surface area contributed by atoms with Gasteiger partial charge < -0.3 is 0 Å². The van der Waals surface area contributed by atoms with Crippen molar-refractivity contribution in [1.82, 2.24) is 29.9 Å². The number of nitrogens with zero attached hydrogens (tertiary/aromatic N) is 7. The van der Waals surface area contributed by atoms with E-state index in [1.807, 2.05) is 152 Å². The molecule has 7 heteroatoms. The molecule has 62 heavy (non-hydrogen) atoms. The van der Waals surface area contributed by atoms with Crippen LogP contribution in [0.15, 0.2) is 212 Å². The van der Waals surface area contributed by atoms with E-state index < -0.39 is 0 Å². The first-order valence-electron chi connectivity index (χ1n) is 20.3. The maximum atomic E-state index is 9.67. The lowest BCUT2D eigenvalue weighted by Crippen LogP contribution is -2.02. The van der Waals surface area contributed by atoms with E-state index >= 15 is 0 Å². The monoisotopic (exact) mass is 793 g/mol. The van der Waals surface area contributed by atoms with Crippen LogP contribution in [0.4, 0.5) is 0 Å². The highest BCUT2D eigenvalue weighted by Gasteiger charge is 2.19. The Bertz CT molecular complexity index is 3180. The van der Waals surface area contributed by atoms with Gasteiger partial charge in [0.1, 0.15) is 0 Å². The van der Waals surface area contributed by atoms with E-state index in [0.717, 1.165) is 66.8 Å². The first-order chi connectivity index (χ1) is 30.7. The summed E-state index contributed by atoms with van der Waals surface area (Å²) in [6, 6.07) is 73.0. The summed E-state index contributed by atoms with van der Waals surface area (Å²) in [5.41, 5.74) is 11.9. The molecule has 0 fully saturated rings. The average molecular weight is 794 g/mol. The zero-order valence-corrected chi connectivity index (χ0v) is 33.3. The van der Waals surface area contributed by atoms with E-state index in [1.165, 1.54) is 0 Å². The molecule has 0 N–H and O–H groups in total. The number of hydrogen-bond acceptors (Lipinski definition) is 7. The van der Waals surface area contributed by atoms with Gasteiger partial charge in [0.2, 0.25) is 0 Å². The molecule has 2 aromatic heterocycles. The highest BCUT2D eigenvalue weighted by atomic mass is 15.0. The third-order valence-corrected chi connectivity index (χ3v) is 10.7. The molecule has 0 atom stereocenters. The number of hydrogen-bond donors (Lipinski definition) is 0. The van der Waals surface area contributed by atoms with E-state index in [-0.39, 0.29) is 0 Å². The van der Waals surface area contributed by atoms with Gasteiger partial charge in [-0.05, 0) is 51.6 Å². The Morgan fingerprint density at radius 2 is 0.565 bits per heavy atom. The molecule has 0 radical (unpaired) electrons. The standard InChI is InChI=1S/C55H35N7/c56-36-37-16-14-24-44(34-37)46-26-10-12-28-48(46)54-60-52(41-21-8-3-9-22-41)61-55(62-54)49-29-13-11-27-47(49)45-25-15-23-43(35-45)38-30-32-42(33-31-38)53-58-50(39-17-4-1-5-18-39)57-51(59-53)40-19-6-2-7-20-40/h1-35H. The molecule has 290 valence electrons. The van der Waals surface area contributed by atoms with Crippen molar-refractivity contribution in [3.8, 4) is 108 Å². The maximum Gasteiger partial charge on any atom is 0.164 e. The van der Waals surface area contributed by atoms with Crippen LogP contribution in [-0.4, -0.2) is 29.9 Å². The molecule has 0 spiro atoms. The van der Waals surface area contributed by atoms with Gasteiger partial charge in [-0.1, -0.05) is 194 Å². The molecule has 0 aliphatic rings. The van der Waals surface area contributed by atoms with Crippen LogP contribution in [0, 0.1) is 11.3 Å². The van der Waals surface area contributed by atoms with Crippen molar-refractivity contribution in [2.75, 3.05) is 0 Å². The van der Waals surface area contributed by atoms with Gasteiger partial charge in [-0.25, -0.2) is 29.9 Å². The Morgan fingerprint density at radius 1 is 0.242 bits per heavy atom. The first-order valence-corrected chi connectivity index (χ1v) is 20.3. The zero-order chi connectivity index (χ0) is 41.7. The molecule has 0 amide bonds. The van der Waals surface area contributed by atoms with E-state index in [0.29, 0.717) is 40.5 Å². The van der Waals surface area contributed by atoms with Crippen LogP contribution in [0.25, 0.3) is 102 Å². The molecule has 0 unspecified atom stereocenters. The van der Waals surface area contributed by atoms with Crippen LogP contribution in [0.3, 0.4) is 0 Å². The van der Waals surface area contributed by atoms with E-state index in [2.05, 4.69) is 66.7 Å². The van der Waals surface area contributed by atoms with Crippen LogP contribution in [-0.2, 0) is 0 Å². The van der Waals surface area contributed by atoms with Crippen LogP contribution >= 0.6 is 0 Å². The minimum absolute atomic E-state index is 0.542. The van der Waals surface area contributed by atoms with Gasteiger partial charge in [0.25, 0.3) is 0 Å². The fourth-order valence-electron chi connectivity index (χ4n) is 7.56. The summed E-state index contributed by atoms with van der Waals surface area (Å²) in [7, 11) is 0. The molecule has 0 saturated carbocycles. The lowest BCUT2D eigenvalue weighted by Gasteiger charge is -2.14. The SMILES string of the molecule is N#Cc1cccc(-c2ccccc2-c2nc(-c3ccccc3)nc(-c3ccccc3-c3cccc(-c4ccc(-c5nc(-c6ccccc6)nc(-c6ccccc6)n5)cc4)c3)n2)c1. The Kier molecular flexibility index (Phi) is 10.2. The van der Waals surface area contributed by atoms with E-state index in [4.69, 9.17) is 29.9 Å². The summed E-state index contributed by atoms with van der Waals surface area (Å²) in [6.07, 6.45) is 0. The second-order valence-electron chi connectivity index (χ2n) is 14.7. The van der Waals surface area contributed by atoms with Gasteiger partial charge in [0.05, 0.1) is 11.6 Å². The van der Waals surface area contributed by atoms with Crippen molar-refractivity contribution < 1.29 is 0 Å². The van der Waals surface area contributed by atoms with Gasteiger partial charge in [-0.3, -0.25) is 0 Å². The van der Waals surface area contributed by atoms with Crippen LogP contribution in [0.5, 0.6) is 0 Å². The summed E-state index contributed by atoms with van der Waals surface area (Å²) in [5, 5.41) is 9.67. The van der Waals surface area contributed by atoms with Crippen LogP contribution in [0.2, 0.25) is 0 Å². The predicted octanol–water partition coefficient (Wildman–Crippen LogP) is 12.9. The fraction of sp³-hybridized carbons (Fsp3) is 0. The molecule has 8 aromatic carbocycles. The summed E-state index contributed by atoms with van der Waals surface area (Å²) >= 11 is 0. The highest BCUT2D eigenvalue weighted by Crippen LogP contribution is 2.37. The van der Waals surface area contributed by atoms with Crippen LogP contribution < -0.4 is 0 Å². The van der Waals surface area contributed by atoms with Crippen molar-refractivity contribution in [2.45, 2.75) is 0 Å². The Morgan fingerprint density at radius 3 is 1.03 bits per heavy atom. The van der Waals surface area contributed by atoms with Crippen molar-refractivity contribution in [2.24, 2.45) is 0 Å². The van der Waals surface area contributed by atoms with Gasteiger partial charge in [0, 0.05) is 33.4 Å². The van der Waals surface area contributed by atoms with Crippen molar-refractivity contribution in [3.05, 3.63) is 218 Å². The number of rotatable bonds is 9. The summed E-state index contributed by atoms with van der Waals surface area (Å²) in [6.45, 7) is 0. The second-order valence-corrected chi connectivity index (χ2v) is 14.7. The van der Waals surface area contributed by atoms with Gasteiger partial charge in [-0.2, -0.15) is 5.26 Å². The fourth-order valence-corrected chi connectivity index (χ4v) is 7.56. The lowest BCUT2D eigenvalue weighted by molar-refractivity contribution is 1.07. The normalized spacial score (nSPS) is 10.9. The van der Waals surface area contributed by atoms with Gasteiger partial charge in [0.15, 0.2) is 34.9 Å². The average Bonchev–Trinajstić information content (AvgIpc) is 3.37. The third-order valence-electron chi connectivity index (χ3n) is 10.7. The Balaban J connectivity index is 1.03. The van der Waals surface area contributed by atoms with Gasteiger partial charge >= 0.3 is 0 Å². The number of aromatic nitrogens is 6. The first kappa shape index (κ1) is 37.5. The zero-order valence-electron chi connectivity index (χ0n) is 33.3. The molecule has 0 bridgehead atoms. The molecule has 10 aromatic rings. The predicted molar refractivity (Wildman–Crippen MR) is 247 cm³/mol. The van der Waals surface area contributed by atoms with E-state index in [9.17, 15) is 5.26 Å². The maximum absolute atomic E-state index is 9.67. The highest BCUT2D eigenvalue weighted by molar-refractivity contribution is 5.86. The van der Waals surface area contributed by atoms with Crippen LogP contribution in [0.1, 0.15) is 5.56 Å². The summed E-state index contributed by atoms with van der Waals surface area (Å²) < 4.78 is 0. The minimum atomic E-state index is 0.542. The molecular formula is C55H35N7. The molecule has 0 saturated heterocycles. The quantitative estimate of drug-likeness (QED) is 0.143. The lowest BCUT2D eigenvalue weighted by atomic mass is 9.95. The smallest absolute Gasteiger partial charge is 0.164 e. The van der Waals surface area contributed by atoms with Crippen molar-refractivity contribution in [1.29, 1.82) is 5.26 Å². The second kappa shape index (κ2) is 16.9. The third kappa shape index (κ3) is 7.75. The Labute approximate surface area is 359 Å². The molecule has 2 heterocycles. The topological polar surface area (TPSA) is 101 Å². The van der Waals surface area contributed by atoms with Crippen molar-refractivity contribution >= 4 is 0 Å². The molecule has 0 aliphatic carbocycles. The Hall–Kier alpha value is -8.73. The minimum Gasteiger partial charge on any atom is -0.208 e. The molecule has 10 rings (SSSR count). The van der Waals surface area contributed by atoms with Crippen molar-refractivity contribution in [3.63, 3.8) is 0 Å². The largest absolute Gasteiger partial charge is 0.208 e. The number of nitriles is 1. The van der Waals surface area contributed by atoms with Gasteiger partial charge in [-0.15, -0.1) is 0 Å². The van der Waals surface area contributed by atoms with E-state index in [1.54, 1.807) is 0 Å². The number of benzene rings is 8. The molecule has 7 nitrogen and oxygen atoms in total. The summed E-state index contributed by atoms with van der Waals surface area (Å²) in [5.74, 6) is 3.53. The summed E-state index contributed by atoms with van der Waals surface area (Å²) in [4.78, 5) is 30.0. The molecule has 0 aliphatic heterocycles.